The van der Waals surface area contributed by atoms with Gasteiger partial charge >= 0.3 is 0 Å². The van der Waals surface area contributed by atoms with Crippen LogP contribution in [0.1, 0.15) is 30.7 Å². The molecule has 0 unspecified atom stereocenters. The van der Waals surface area contributed by atoms with Crippen LogP contribution in [0, 0.1) is 0 Å². The predicted molar refractivity (Wildman–Crippen MR) is 85.2 cm³/mol. The van der Waals surface area contributed by atoms with Crippen LogP contribution in [0.2, 0.25) is 0 Å². The third-order valence-corrected chi connectivity index (χ3v) is 5.60. The first-order valence-electron chi connectivity index (χ1n) is 6.98. The lowest BCUT2D eigenvalue weighted by atomic mass is 10.2. The lowest BCUT2D eigenvalue weighted by Crippen LogP contribution is -2.39. The minimum atomic E-state index is -3.39. The van der Waals surface area contributed by atoms with Crippen LogP contribution >= 0.6 is 11.3 Å². The van der Waals surface area contributed by atoms with Gasteiger partial charge in [0.15, 0.2) is 0 Å². The monoisotopic (exact) mass is 319 g/mol. The maximum atomic E-state index is 12.1. The Kier molecular flexibility index (Phi) is 7.68. The molecule has 2 N–H and O–H groups in total. The SMILES string of the molecule is CCNCCCN(C)S(=O)(=O)NCc1sccc1CC. The Labute approximate surface area is 126 Å². The molecule has 0 aliphatic carbocycles. The Bertz CT molecular complexity index is 486. The van der Waals surface area contributed by atoms with E-state index >= 15 is 0 Å². The highest BCUT2D eigenvalue weighted by molar-refractivity contribution is 7.87. The molecule has 0 saturated carbocycles. The zero-order valence-corrected chi connectivity index (χ0v) is 14.1. The zero-order valence-electron chi connectivity index (χ0n) is 12.5. The van der Waals surface area contributed by atoms with Crippen LogP contribution in [0.25, 0.3) is 0 Å². The Morgan fingerprint density at radius 2 is 2.10 bits per heavy atom. The molecule has 0 atom stereocenters. The number of thiophene rings is 1. The minimum absolute atomic E-state index is 0.376. The number of aryl methyl sites for hydroxylation is 1. The number of rotatable bonds is 10. The molecule has 0 aliphatic heterocycles. The fourth-order valence-corrected chi connectivity index (χ4v) is 3.75. The molecule has 20 heavy (non-hydrogen) atoms. The third kappa shape index (κ3) is 5.49. The minimum Gasteiger partial charge on any atom is -0.317 e. The fraction of sp³-hybridized carbons (Fsp3) is 0.692. The molecule has 0 aliphatic rings. The third-order valence-electron chi connectivity index (χ3n) is 3.12. The summed E-state index contributed by atoms with van der Waals surface area (Å²) in [5, 5.41) is 5.19. The summed E-state index contributed by atoms with van der Waals surface area (Å²) in [5.74, 6) is 0. The average molecular weight is 319 g/mol. The van der Waals surface area contributed by atoms with E-state index in [1.165, 1.54) is 9.87 Å². The molecule has 1 aromatic rings. The number of nitrogens with zero attached hydrogens (tertiary/aromatic N) is 1. The molecule has 0 spiro atoms. The lowest BCUT2D eigenvalue weighted by Gasteiger charge is -2.17. The van der Waals surface area contributed by atoms with Crippen LogP contribution in [0.15, 0.2) is 11.4 Å². The van der Waals surface area contributed by atoms with Crippen LogP contribution in [0.4, 0.5) is 0 Å². The van der Waals surface area contributed by atoms with Crippen molar-refractivity contribution in [3.63, 3.8) is 0 Å². The van der Waals surface area contributed by atoms with Crippen molar-refractivity contribution in [3.8, 4) is 0 Å². The smallest absolute Gasteiger partial charge is 0.279 e. The summed E-state index contributed by atoms with van der Waals surface area (Å²) in [5.41, 5.74) is 1.22. The molecule has 5 nitrogen and oxygen atoms in total. The highest BCUT2D eigenvalue weighted by Crippen LogP contribution is 2.17. The molecule has 0 bridgehead atoms. The van der Waals surface area contributed by atoms with Gasteiger partial charge in [-0.25, -0.2) is 0 Å². The molecular formula is C13H25N3O2S2. The van der Waals surface area contributed by atoms with E-state index in [0.29, 0.717) is 13.1 Å². The van der Waals surface area contributed by atoms with E-state index in [2.05, 4.69) is 23.0 Å². The van der Waals surface area contributed by atoms with Crippen LogP contribution in [-0.2, 0) is 23.2 Å². The molecule has 0 saturated heterocycles. The first kappa shape index (κ1) is 17.6. The van der Waals surface area contributed by atoms with Crippen LogP contribution < -0.4 is 10.0 Å². The molecular weight excluding hydrogens is 294 g/mol. The molecule has 7 heteroatoms. The van der Waals surface area contributed by atoms with Crippen molar-refractivity contribution in [1.82, 2.24) is 14.3 Å². The fourth-order valence-electron chi connectivity index (χ4n) is 1.83. The van der Waals surface area contributed by atoms with Gasteiger partial charge < -0.3 is 5.32 Å². The van der Waals surface area contributed by atoms with Crippen LogP contribution in [0.3, 0.4) is 0 Å². The van der Waals surface area contributed by atoms with E-state index in [1.807, 2.05) is 12.3 Å². The van der Waals surface area contributed by atoms with Gasteiger partial charge in [-0.3, -0.25) is 0 Å². The van der Waals surface area contributed by atoms with E-state index in [1.54, 1.807) is 18.4 Å². The Morgan fingerprint density at radius 3 is 2.75 bits per heavy atom. The summed E-state index contributed by atoms with van der Waals surface area (Å²) in [7, 11) is -1.77. The second-order valence-electron chi connectivity index (χ2n) is 4.58. The zero-order chi connectivity index (χ0) is 15.0. The van der Waals surface area contributed by atoms with Crippen molar-refractivity contribution in [2.75, 3.05) is 26.7 Å². The summed E-state index contributed by atoms with van der Waals surface area (Å²) >= 11 is 1.60. The second kappa shape index (κ2) is 8.74. The first-order valence-corrected chi connectivity index (χ1v) is 9.30. The van der Waals surface area contributed by atoms with Crippen molar-refractivity contribution in [2.45, 2.75) is 33.2 Å². The summed E-state index contributed by atoms with van der Waals surface area (Å²) in [6, 6.07) is 2.05. The summed E-state index contributed by atoms with van der Waals surface area (Å²) in [6.45, 7) is 6.75. The van der Waals surface area contributed by atoms with Crippen LogP contribution in [0.5, 0.6) is 0 Å². The van der Waals surface area contributed by atoms with Crippen molar-refractivity contribution in [1.29, 1.82) is 0 Å². The van der Waals surface area contributed by atoms with Gasteiger partial charge in [-0.2, -0.15) is 17.4 Å². The van der Waals surface area contributed by atoms with Gasteiger partial charge in [0.25, 0.3) is 10.2 Å². The topological polar surface area (TPSA) is 61.4 Å². The first-order chi connectivity index (χ1) is 9.51. The maximum absolute atomic E-state index is 12.1. The van der Waals surface area contributed by atoms with Gasteiger partial charge in [0, 0.05) is 25.0 Å². The number of nitrogens with one attached hydrogen (secondary N) is 2. The van der Waals surface area contributed by atoms with E-state index in [4.69, 9.17) is 0 Å². The summed E-state index contributed by atoms with van der Waals surface area (Å²) in [6.07, 6.45) is 1.74. The largest absolute Gasteiger partial charge is 0.317 e. The molecule has 1 aromatic heterocycles. The van der Waals surface area contributed by atoms with Gasteiger partial charge in [-0.05, 0) is 42.9 Å². The van der Waals surface area contributed by atoms with Gasteiger partial charge in [0.05, 0.1) is 0 Å². The second-order valence-corrected chi connectivity index (χ2v) is 7.44. The Hall–Kier alpha value is -0.470. The Balaban J connectivity index is 2.44. The normalized spacial score (nSPS) is 12.2. The molecule has 0 amide bonds. The highest BCUT2D eigenvalue weighted by atomic mass is 32.2. The summed E-state index contributed by atoms with van der Waals surface area (Å²) in [4.78, 5) is 1.09. The Morgan fingerprint density at radius 1 is 1.35 bits per heavy atom. The van der Waals surface area contributed by atoms with Gasteiger partial charge in [0.2, 0.25) is 0 Å². The van der Waals surface area contributed by atoms with Gasteiger partial charge in [-0.1, -0.05) is 13.8 Å². The standard InChI is InChI=1S/C13H25N3O2S2/c1-4-12-7-10-19-13(12)11-15-20(17,18)16(3)9-6-8-14-5-2/h7,10,14-15H,4-6,8-9,11H2,1-3H3. The van der Waals surface area contributed by atoms with E-state index in [9.17, 15) is 8.42 Å². The van der Waals surface area contributed by atoms with Gasteiger partial charge in [-0.15, -0.1) is 11.3 Å². The molecule has 0 aromatic carbocycles. The van der Waals surface area contributed by atoms with E-state index < -0.39 is 10.2 Å². The van der Waals surface area contributed by atoms with E-state index in [0.717, 1.165) is 30.8 Å². The van der Waals surface area contributed by atoms with Crippen molar-refractivity contribution < 1.29 is 8.42 Å². The highest BCUT2D eigenvalue weighted by Gasteiger charge is 2.17. The van der Waals surface area contributed by atoms with Crippen molar-refractivity contribution in [2.24, 2.45) is 0 Å². The van der Waals surface area contributed by atoms with Crippen molar-refractivity contribution >= 4 is 21.5 Å². The van der Waals surface area contributed by atoms with E-state index in [-0.39, 0.29) is 0 Å². The number of hydrogen-bond donors (Lipinski definition) is 2. The molecule has 1 rings (SSSR count). The summed E-state index contributed by atoms with van der Waals surface area (Å²) < 4.78 is 28.2. The predicted octanol–water partition coefficient (Wildman–Crippen LogP) is 1.58. The molecule has 1 heterocycles. The lowest BCUT2D eigenvalue weighted by molar-refractivity contribution is 0.445. The van der Waals surface area contributed by atoms with Gasteiger partial charge in [0.1, 0.15) is 0 Å². The quantitative estimate of drug-likeness (QED) is 0.644. The van der Waals surface area contributed by atoms with Crippen molar-refractivity contribution in [3.05, 3.63) is 21.9 Å². The molecule has 0 radical (unpaired) electrons. The van der Waals surface area contributed by atoms with Crippen LogP contribution in [-0.4, -0.2) is 39.4 Å². The molecule has 0 fully saturated rings. The molecule has 116 valence electrons. The number of hydrogen-bond acceptors (Lipinski definition) is 4. The maximum Gasteiger partial charge on any atom is 0.279 e. The average Bonchev–Trinajstić information content (AvgIpc) is 2.88.